The molecule has 0 aliphatic carbocycles. The molecular weight excluding hydrogens is 315 g/mol. The van der Waals surface area contributed by atoms with Crippen LogP contribution in [0.25, 0.3) is 11.3 Å². The standard InChI is InChI=1S/C17H14ClFN4/c1-20-17-22-15(11-5-3-2-4-6-11)10-16(23-17)21-14-8-7-12(19)9-13(14)18/h2-10H,1H3,(H2,20,21,22,23). The van der Waals surface area contributed by atoms with Gasteiger partial charge >= 0.3 is 0 Å². The Morgan fingerprint density at radius 2 is 1.78 bits per heavy atom. The second-order valence-corrected chi connectivity index (χ2v) is 5.23. The van der Waals surface area contributed by atoms with Gasteiger partial charge < -0.3 is 10.6 Å². The topological polar surface area (TPSA) is 49.8 Å². The van der Waals surface area contributed by atoms with E-state index in [1.54, 1.807) is 13.1 Å². The first kappa shape index (κ1) is 15.2. The van der Waals surface area contributed by atoms with E-state index in [1.807, 2.05) is 36.4 Å². The lowest BCUT2D eigenvalue weighted by Gasteiger charge is -2.11. The van der Waals surface area contributed by atoms with Gasteiger partial charge in [0, 0.05) is 18.7 Å². The van der Waals surface area contributed by atoms with Gasteiger partial charge in [-0.05, 0) is 18.2 Å². The van der Waals surface area contributed by atoms with Crippen molar-refractivity contribution in [2.75, 3.05) is 17.7 Å². The van der Waals surface area contributed by atoms with Crippen molar-refractivity contribution >= 4 is 29.1 Å². The number of rotatable bonds is 4. The SMILES string of the molecule is CNc1nc(Nc2ccc(F)cc2Cl)cc(-c2ccccc2)n1. The van der Waals surface area contributed by atoms with E-state index < -0.39 is 0 Å². The first-order chi connectivity index (χ1) is 11.2. The summed E-state index contributed by atoms with van der Waals surface area (Å²) in [5, 5.41) is 6.31. The molecule has 1 aromatic heterocycles. The fraction of sp³-hybridized carbons (Fsp3) is 0.0588. The number of anilines is 3. The minimum Gasteiger partial charge on any atom is -0.357 e. The summed E-state index contributed by atoms with van der Waals surface area (Å²) < 4.78 is 13.1. The van der Waals surface area contributed by atoms with Crippen molar-refractivity contribution in [1.82, 2.24) is 9.97 Å². The van der Waals surface area contributed by atoms with E-state index >= 15 is 0 Å². The van der Waals surface area contributed by atoms with Crippen LogP contribution >= 0.6 is 11.6 Å². The van der Waals surface area contributed by atoms with Gasteiger partial charge in [0.05, 0.1) is 16.4 Å². The molecule has 0 saturated heterocycles. The summed E-state index contributed by atoms with van der Waals surface area (Å²) in [7, 11) is 1.75. The highest BCUT2D eigenvalue weighted by atomic mass is 35.5. The normalized spacial score (nSPS) is 10.4. The Morgan fingerprint density at radius 1 is 1.00 bits per heavy atom. The van der Waals surface area contributed by atoms with Gasteiger partial charge in [-0.25, -0.2) is 9.37 Å². The lowest BCUT2D eigenvalue weighted by molar-refractivity contribution is 0.628. The smallest absolute Gasteiger partial charge is 0.224 e. The second-order valence-electron chi connectivity index (χ2n) is 4.83. The first-order valence-corrected chi connectivity index (χ1v) is 7.38. The summed E-state index contributed by atoms with van der Waals surface area (Å²) >= 11 is 6.05. The average molecular weight is 329 g/mol. The molecule has 2 aromatic carbocycles. The fourth-order valence-corrected chi connectivity index (χ4v) is 2.32. The van der Waals surface area contributed by atoms with Crippen molar-refractivity contribution in [1.29, 1.82) is 0 Å². The van der Waals surface area contributed by atoms with Crippen LogP contribution < -0.4 is 10.6 Å². The molecule has 0 amide bonds. The summed E-state index contributed by atoms with van der Waals surface area (Å²) in [5.74, 6) is 0.660. The fourth-order valence-electron chi connectivity index (χ4n) is 2.11. The van der Waals surface area contributed by atoms with Crippen molar-refractivity contribution < 1.29 is 4.39 Å². The van der Waals surface area contributed by atoms with Gasteiger partial charge in [-0.3, -0.25) is 0 Å². The van der Waals surface area contributed by atoms with E-state index in [4.69, 9.17) is 11.6 Å². The Kier molecular flexibility index (Phi) is 4.39. The molecule has 3 rings (SSSR count). The molecule has 0 spiro atoms. The number of hydrogen-bond donors (Lipinski definition) is 2. The Balaban J connectivity index is 1.99. The second kappa shape index (κ2) is 6.62. The molecule has 0 saturated carbocycles. The molecule has 0 radical (unpaired) electrons. The maximum Gasteiger partial charge on any atom is 0.224 e. The molecule has 2 N–H and O–H groups in total. The average Bonchev–Trinajstić information content (AvgIpc) is 2.58. The van der Waals surface area contributed by atoms with Crippen LogP contribution in [0.4, 0.5) is 21.8 Å². The number of aromatic nitrogens is 2. The third kappa shape index (κ3) is 3.57. The van der Waals surface area contributed by atoms with Crippen LogP contribution in [-0.4, -0.2) is 17.0 Å². The summed E-state index contributed by atoms with van der Waals surface area (Å²) in [6, 6.07) is 15.8. The van der Waals surface area contributed by atoms with Crippen LogP contribution in [0.5, 0.6) is 0 Å². The molecule has 0 fully saturated rings. The summed E-state index contributed by atoms with van der Waals surface area (Å²) in [6.07, 6.45) is 0. The highest BCUT2D eigenvalue weighted by molar-refractivity contribution is 6.33. The van der Waals surface area contributed by atoms with Crippen molar-refractivity contribution in [3.8, 4) is 11.3 Å². The third-order valence-corrected chi connectivity index (χ3v) is 3.53. The Bertz CT molecular complexity index is 824. The molecule has 1 heterocycles. The van der Waals surface area contributed by atoms with Gasteiger partial charge in [0.1, 0.15) is 11.6 Å². The molecule has 0 bridgehead atoms. The molecule has 116 valence electrons. The maximum absolute atomic E-state index is 13.1. The van der Waals surface area contributed by atoms with Crippen LogP contribution in [0.2, 0.25) is 5.02 Å². The minimum absolute atomic E-state index is 0.288. The highest BCUT2D eigenvalue weighted by Gasteiger charge is 2.08. The van der Waals surface area contributed by atoms with Gasteiger partial charge in [0.15, 0.2) is 0 Å². The van der Waals surface area contributed by atoms with E-state index in [0.29, 0.717) is 17.5 Å². The monoisotopic (exact) mass is 328 g/mol. The Hall–Kier alpha value is -2.66. The predicted octanol–water partition coefficient (Wildman–Crippen LogP) is 4.72. The van der Waals surface area contributed by atoms with Crippen molar-refractivity contribution in [3.63, 3.8) is 0 Å². The van der Waals surface area contributed by atoms with Gasteiger partial charge in [-0.1, -0.05) is 41.9 Å². The summed E-state index contributed by atoms with van der Waals surface area (Å²) in [4.78, 5) is 8.80. The van der Waals surface area contributed by atoms with E-state index in [-0.39, 0.29) is 10.8 Å². The quantitative estimate of drug-likeness (QED) is 0.727. The zero-order valence-corrected chi connectivity index (χ0v) is 13.1. The molecule has 0 aliphatic heterocycles. The van der Waals surface area contributed by atoms with Gasteiger partial charge in [0.2, 0.25) is 5.95 Å². The number of benzene rings is 2. The van der Waals surface area contributed by atoms with Crippen molar-refractivity contribution in [3.05, 3.63) is 65.4 Å². The summed E-state index contributed by atoms with van der Waals surface area (Å²) in [5.41, 5.74) is 2.32. The molecule has 23 heavy (non-hydrogen) atoms. The molecule has 0 unspecified atom stereocenters. The van der Waals surface area contributed by atoms with E-state index in [0.717, 1.165) is 11.3 Å². The predicted molar refractivity (Wildman–Crippen MR) is 91.7 cm³/mol. The van der Waals surface area contributed by atoms with Crippen molar-refractivity contribution in [2.24, 2.45) is 0 Å². The number of nitrogens with zero attached hydrogens (tertiary/aromatic N) is 2. The third-order valence-electron chi connectivity index (χ3n) is 3.21. The minimum atomic E-state index is -0.385. The molecule has 4 nitrogen and oxygen atoms in total. The zero-order valence-electron chi connectivity index (χ0n) is 12.3. The van der Waals surface area contributed by atoms with Gasteiger partial charge in [-0.15, -0.1) is 0 Å². The van der Waals surface area contributed by atoms with E-state index in [1.165, 1.54) is 12.1 Å². The van der Waals surface area contributed by atoms with E-state index in [2.05, 4.69) is 20.6 Å². The zero-order chi connectivity index (χ0) is 16.2. The maximum atomic E-state index is 13.1. The highest BCUT2D eigenvalue weighted by Crippen LogP contribution is 2.27. The van der Waals surface area contributed by atoms with E-state index in [9.17, 15) is 4.39 Å². The number of nitrogens with one attached hydrogen (secondary N) is 2. The first-order valence-electron chi connectivity index (χ1n) is 7.00. The molecule has 0 aliphatic rings. The summed E-state index contributed by atoms with van der Waals surface area (Å²) in [6.45, 7) is 0. The van der Waals surface area contributed by atoms with Crippen molar-refractivity contribution in [2.45, 2.75) is 0 Å². The van der Waals surface area contributed by atoms with Gasteiger partial charge in [0.25, 0.3) is 0 Å². The van der Waals surface area contributed by atoms with Crippen LogP contribution in [0.15, 0.2) is 54.6 Å². The lowest BCUT2D eigenvalue weighted by Crippen LogP contribution is -2.02. The van der Waals surface area contributed by atoms with Crippen LogP contribution in [0, 0.1) is 5.82 Å². The molecule has 6 heteroatoms. The number of hydrogen-bond acceptors (Lipinski definition) is 4. The van der Waals surface area contributed by atoms with Crippen LogP contribution in [0.1, 0.15) is 0 Å². The van der Waals surface area contributed by atoms with Gasteiger partial charge in [-0.2, -0.15) is 4.98 Å². The number of halogens is 2. The molecule has 3 aromatic rings. The lowest BCUT2D eigenvalue weighted by atomic mass is 10.1. The largest absolute Gasteiger partial charge is 0.357 e. The Morgan fingerprint density at radius 3 is 2.48 bits per heavy atom. The Labute approximate surface area is 138 Å². The van der Waals surface area contributed by atoms with Crippen LogP contribution in [-0.2, 0) is 0 Å². The molecular formula is C17H14ClFN4. The van der Waals surface area contributed by atoms with Crippen LogP contribution in [0.3, 0.4) is 0 Å². The molecule has 0 atom stereocenters.